The first-order chi connectivity index (χ1) is 12.6. The maximum atomic E-state index is 12.5. The molecular formula is C19H26N4O3S. The SMILES string of the molecule is Cc1cc(C)c2nc(NC(=O)N3CCN(C(=O)OC(C)(C)C)CC3)sc2c1. The Labute approximate surface area is 163 Å². The quantitative estimate of drug-likeness (QED) is 0.799. The molecule has 1 saturated heterocycles. The Morgan fingerprint density at radius 3 is 2.37 bits per heavy atom. The maximum Gasteiger partial charge on any atom is 0.410 e. The Bertz CT molecular complexity index is 864. The summed E-state index contributed by atoms with van der Waals surface area (Å²) in [6, 6.07) is 3.98. The third kappa shape index (κ3) is 4.68. The van der Waals surface area contributed by atoms with Gasteiger partial charge in [0.25, 0.3) is 0 Å². The fourth-order valence-electron chi connectivity index (χ4n) is 3.01. The van der Waals surface area contributed by atoms with Gasteiger partial charge in [0.05, 0.1) is 10.2 Å². The van der Waals surface area contributed by atoms with E-state index in [1.54, 1.807) is 9.80 Å². The molecule has 1 fully saturated rings. The average Bonchev–Trinajstić information content (AvgIpc) is 2.96. The first-order valence-corrected chi connectivity index (χ1v) is 9.86. The topological polar surface area (TPSA) is 74.8 Å². The van der Waals surface area contributed by atoms with Crippen LogP contribution >= 0.6 is 11.3 Å². The summed E-state index contributed by atoms with van der Waals surface area (Å²) >= 11 is 1.48. The number of rotatable bonds is 1. The number of carbonyl (C=O) groups excluding carboxylic acids is 2. The van der Waals surface area contributed by atoms with Gasteiger partial charge in [-0.25, -0.2) is 14.6 Å². The number of carbonyl (C=O) groups is 2. The van der Waals surface area contributed by atoms with Crippen LogP contribution in [0.1, 0.15) is 31.9 Å². The van der Waals surface area contributed by atoms with E-state index in [4.69, 9.17) is 4.74 Å². The summed E-state index contributed by atoms with van der Waals surface area (Å²) in [4.78, 5) is 32.5. The molecule has 0 spiro atoms. The van der Waals surface area contributed by atoms with Crippen LogP contribution in [0.5, 0.6) is 0 Å². The Kier molecular flexibility index (Phi) is 5.28. The summed E-state index contributed by atoms with van der Waals surface area (Å²) in [5, 5.41) is 3.49. The van der Waals surface area contributed by atoms with Crippen LogP contribution in [0.15, 0.2) is 12.1 Å². The second-order valence-electron chi connectivity index (χ2n) is 7.83. The molecule has 27 heavy (non-hydrogen) atoms. The molecule has 3 rings (SSSR count). The van der Waals surface area contributed by atoms with Crippen LogP contribution in [0.25, 0.3) is 10.2 Å². The van der Waals surface area contributed by atoms with E-state index in [1.165, 1.54) is 16.9 Å². The fourth-order valence-corrected chi connectivity index (χ4v) is 4.04. The second-order valence-corrected chi connectivity index (χ2v) is 8.86. The highest BCUT2D eigenvalue weighted by molar-refractivity contribution is 7.22. The van der Waals surface area contributed by atoms with Gasteiger partial charge in [-0.2, -0.15) is 0 Å². The van der Waals surface area contributed by atoms with Gasteiger partial charge in [0.1, 0.15) is 5.60 Å². The minimum atomic E-state index is -0.519. The van der Waals surface area contributed by atoms with E-state index in [2.05, 4.69) is 29.4 Å². The van der Waals surface area contributed by atoms with Crippen molar-refractivity contribution in [3.8, 4) is 0 Å². The van der Waals surface area contributed by atoms with Crippen LogP contribution in [0, 0.1) is 13.8 Å². The van der Waals surface area contributed by atoms with Crippen molar-refractivity contribution < 1.29 is 14.3 Å². The highest BCUT2D eigenvalue weighted by Gasteiger charge is 2.28. The molecule has 1 aliphatic rings. The first-order valence-electron chi connectivity index (χ1n) is 9.04. The van der Waals surface area contributed by atoms with Crippen LogP contribution in [0.2, 0.25) is 0 Å². The minimum Gasteiger partial charge on any atom is -0.444 e. The number of thiazole rings is 1. The molecule has 8 heteroatoms. The number of piperazine rings is 1. The first kappa shape index (κ1) is 19.4. The van der Waals surface area contributed by atoms with Crippen LogP contribution in [-0.4, -0.2) is 58.7 Å². The predicted octanol–water partition coefficient (Wildman–Crippen LogP) is 4.00. The molecule has 1 N–H and O–H groups in total. The third-order valence-corrected chi connectivity index (χ3v) is 5.18. The largest absolute Gasteiger partial charge is 0.444 e. The highest BCUT2D eigenvalue weighted by atomic mass is 32.1. The number of benzene rings is 1. The molecule has 146 valence electrons. The Hall–Kier alpha value is -2.35. The fraction of sp³-hybridized carbons (Fsp3) is 0.526. The van der Waals surface area contributed by atoms with Crippen molar-refractivity contribution >= 4 is 38.8 Å². The lowest BCUT2D eigenvalue weighted by Crippen LogP contribution is -2.52. The second kappa shape index (κ2) is 7.34. The lowest BCUT2D eigenvalue weighted by molar-refractivity contribution is 0.0174. The van der Waals surface area contributed by atoms with Crippen LogP contribution in [0.4, 0.5) is 14.7 Å². The van der Waals surface area contributed by atoms with Crippen molar-refractivity contribution in [2.75, 3.05) is 31.5 Å². The number of aromatic nitrogens is 1. The van der Waals surface area contributed by atoms with Gasteiger partial charge >= 0.3 is 12.1 Å². The monoisotopic (exact) mass is 390 g/mol. The van der Waals surface area contributed by atoms with Crippen molar-refractivity contribution in [3.05, 3.63) is 23.3 Å². The Morgan fingerprint density at radius 2 is 1.74 bits per heavy atom. The van der Waals surface area contributed by atoms with Gasteiger partial charge in [-0.3, -0.25) is 5.32 Å². The third-order valence-electron chi connectivity index (χ3n) is 4.26. The number of anilines is 1. The van der Waals surface area contributed by atoms with Gasteiger partial charge in [-0.05, 0) is 51.8 Å². The van der Waals surface area contributed by atoms with Crippen molar-refractivity contribution in [1.82, 2.24) is 14.8 Å². The summed E-state index contributed by atoms with van der Waals surface area (Å²) in [5.41, 5.74) is 2.69. The smallest absolute Gasteiger partial charge is 0.410 e. The molecular weight excluding hydrogens is 364 g/mol. The van der Waals surface area contributed by atoms with E-state index in [0.29, 0.717) is 31.3 Å². The van der Waals surface area contributed by atoms with Gasteiger partial charge in [0.2, 0.25) is 0 Å². The predicted molar refractivity (Wildman–Crippen MR) is 107 cm³/mol. The van der Waals surface area contributed by atoms with Gasteiger partial charge in [0, 0.05) is 26.2 Å². The number of hydrogen-bond donors (Lipinski definition) is 1. The standard InChI is InChI=1S/C19H26N4O3S/c1-12-10-13(2)15-14(11-12)27-16(20-15)21-17(24)22-6-8-23(9-7-22)18(25)26-19(3,4)5/h10-11H,6-9H2,1-5H3,(H,20,21,24). The number of urea groups is 1. The van der Waals surface area contributed by atoms with E-state index in [1.807, 2.05) is 27.7 Å². The van der Waals surface area contributed by atoms with E-state index in [0.717, 1.165) is 15.8 Å². The summed E-state index contributed by atoms with van der Waals surface area (Å²) in [5.74, 6) is 0. The van der Waals surface area contributed by atoms with E-state index in [-0.39, 0.29) is 12.1 Å². The molecule has 2 aromatic rings. The van der Waals surface area contributed by atoms with Gasteiger partial charge < -0.3 is 14.5 Å². The average molecular weight is 391 g/mol. The van der Waals surface area contributed by atoms with Crippen molar-refractivity contribution in [2.24, 2.45) is 0 Å². The summed E-state index contributed by atoms with van der Waals surface area (Å²) in [7, 11) is 0. The number of fused-ring (bicyclic) bond motifs is 1. The summed E-state index contributed by atoms with van der Waals surface area (Å²) in [6.07, 6.45) is -0.334. The van der Waals surface area contributed by atoms with Crippen LogP contribution in [0.3, 0.4) is 0 Å². The van der Waals surface area contributed by atoms with E-state index >= 15 is 0 Å². The van der Waals surface area contributed by atoms with E-state index < -0.39 is 5.60 Å². The number of aryl methyl sites for hydroxylation is 2. The van der Waals surface area contributed by atoms with Gasteiger partial charge in [-0.15, -0.1) is 0 Å². The molecule has 0 atom stereocenters. The lowest BCUT2D eigenvalue weighted by atomic mass is 10.1. The molecule has 0 radical (unpaired) electrons. The van der Waals surface area contributed by atoms with E-state index in [9.17, 15) is 9.59 Å². The summed E-state index contributed by atoms with van der Waals surface area (Å²) < 4.78 is 6.45. The number of amides is 3. The number of ether oxygens (including phenoxy) is 1. The number of nitrogens with one attached hydrogen (secondary N) is 1. The highest BCUT2D eigenvalue weighted by Crippen LogP contribution is 2.29. The molecule has 7 nitrogen and oxygen atoms in total. The van der Waals surface area contributed by atoms with Crippen LogP contribution in [-0.2, 0) is 4.74 Å². The normalized spacial score (nSPS) is 15.1. The van der Waals surface area contributed by atoms with Crippen molar-refractivity contribution in [3.63, 3.8) is 0 Å². The molecule has 0 saturated carbocycles. The Morgan fingerprint density at radius 1 is 1.11 bits per heavy atom. The Balaban J connectivity index is 1.58. The summed E-state index contributed by atoms with van der Waals surface area (Å²) in [6.45, 7) is 11.5. The van der Waals surface area contributed by atoms with Gasteiger partial charge in [-0.1, -0.05) is 17.4 Å². The molecule has 1 aromatic carbocycles. The zero-order chi connectivity index (χ0) is 19.8. The zero-order valence-corrected chi connectivity index (χ0v) is 17.3. The lowest BCUT2D eigenvalue weighted by Gasteiger charge is -2.35. The van der Waals surface area contributed by atoms with Crippen LogP contribution < -0.4 is 5.32 Å². The molecule has 0 bridgehead atoms. The molecule has 3 amide bonds. The molecule has 2 heterocycles. The number of nitrogens with zero attached hydrogens (tertiary/aromatic N) is 3. The maximum absolute atomic E-state index is 12.5. The molecule has 1 aliphatic heterocycles. The van der Waals surface area contributed by atoms with Crippen molar-refractivity contribution in [1.29, 1.82) is 0 Å². The minimum absolute atomic E-state index is 0.188. The van der Waals surface area contributed by atoms with Crippen molar-refractivity contribution in [2.45, 2.75) is 40.2 Å². The zero-order valence-electron chi connectivity index (χ0n) is 16.5. The number of hydrogen-bond acceptors (Lipinski definition) is 5. The molecule has 0 unspecified atom stereocenters. The molecule has 1 aromatic heterocycles. The molecule has 0 aliphatic carbocycles. The van der Waals surface area contributed by atoms with Gasteiger partial charge in [0.15, 0.2) is 5.13 Å².